The van der Waals surface area contributed by atoms with Crippen LogP contribution in [0.15, 0.2) is 47.2 Å². The number of benzene rings is 1. The first kappa shape index (κ1) is 12.8. The van der Waals surface area contributed by atoms with Crippen LogP contribution in [0.3, 0.4) is 0 Å². The number of carbonyl (C=O) groups is 1. The molecule has 0 radical (unpaired) electrons. The van der Waals surface area contributed by atoms with Crippen molar-refractivity contribution in [2.24, 2.45) is 0 Å². The standard InChI is InChI=1S/C15H17NOS/c1-16(11-13-5-3-2-4-6-13)15(17)8-7-14-9-10-18-12-14/h2-6,9-10,12H,7-8,11H2,1H3. The highest BCUT2D eigenvalue weighted by Crippen LogP contribution is 2.10. The van der Waals surface area contributed by atoms with Gasteiger partial charge >= 0.3 is 0 Å². The van der Waals surface area contributed by atoms with Gasteiger partial charge < -0.3 is 4.90 Å². The molecule has 0 fully saturated rings. The minimum absolute atomic E-state index is 0.199. The van der Waals surface area contributed by atoms with Gasteiger partial charge in [0, 0.05) is 20.0 Å². The van der Waals surface area contributed by atoms with E-state index in [9.17, 15) is 4.79 Å². The maximum absolute atomic E-state index is 12.0. The van der Waals surface area contributed by atoms with Crippen molar-refractivity contribution in [1.29, 1.82) is 0 Å². The predicted octanol–water partition coefficient (Wildman–Crippen LogP) is 3.34. The molecule has 1 aromatic heterocycles. The number of amides is 1. The lowest BCUT2D eigenvalue weighted by Gasteiger charge is -2.17. The molecule has 0 saturated heterocycles. The van der Waals surface area contributed by atoms with Crippen LogP contribution in [0, 0.1) is 0 Å². The third-order valence-electron chi connectivity index (χ3n) is 2.90. The molecular formula is C15H17NOS. The summed E-state index contributed by atoms with van der Waals surface area (Å²) in [5, 5.41) is 4.15. The minimum Gasteiger partial charge on any atom is -0.341 e. The van der Waals surface area contributed by atoms with E-state index >= 15 is 0 Å². The molecule has 3 heteroatoms. The molecule has 0 aliphatic heterocycles. The van der Waals surface area contributed by atoms with Crippen LogP contribution in [0.1, 0.15) is 17.5 Å². The zero-order valence-corrected chi connectivity index (χ0v) is 11.3. The van der Waals surface area contributed by atoms with E-state index in [1.165, 1.54) is 11.1 Å². The molecule has 1 heterocycles. The highest BCUT2D eigenvalue weighted by atomic mass is 32.1. The molecule has 0 saturated carbocycles. The minimum atomic E-state index is 0.199. The van der Waals surface area contributed by atoms with Crippen LogP contribution in [-0.2, 0) is 17.8 Å². The van der Waals surface area contributed by atoms with Gasteiger partial charge in [0.15, 0.2) is 0 Å². The third kappa shape index (κ3) is 3.70. The lowest BCUT2D eigenvalue weighted by molar-refractivity contribution is -0.130. The monoisotopic (exact) mass is 259 g/mol. The SMILES string of the molecule is CN(Cc1ccccc1)C(=O)CCc1ccsc1. The Morgan fingerprint density at radius 3 is 2.61 bits per heavy atom. The van der Waals surface area contributed by atoms with Crippen LogP contribution in [0.4, 0.5) is 0 Å². The Bertz CT molecular complexity index is 478. The number of hydrogen-bond donors (Lipinski definition) is 0. The number of rotatable bonds is 5. The summed E-state index contributed by atoms with van der Waals surface area (Å²) in [7, 11) is 1.86. The molecule has 94 valence electrons. The quantitative estimate of drug-likeness (QED) is 0.806. The summed E-state index contributed by atoms with van der Waals surface area (Å²) in [4.78, 5) is 13.8. The Morgan fingerprint density at radius 1 is 1.17 bits per heavy atom. The van der Waals surface area contributed by atoms with Crippen LogP contribution >= 0.6 is 11.3 Å². The van der Waals surface area contributed by atoms with Crippen molar-refractivity contribution < 1.29 is 4.79 Å². The van der Waals surface area contributed by atoms with Crippen LogP contribution in [0.5, 0.6) is 0 Å². The van der Waals surface area contributed by atoms with E-state index in [2.05, 4.69) is 11.4 Å². The average molecular weight is 259 g/mol. The summed E-state index contributed by atoms with van der Waals surface area (Å²) in [5.74, 6) is 0.199. The molecule has 0 N–H and O–H groups in total. The number of aryl methyl sites for hydroxylation is 1. The lowest BCUT2D eigenvalue weighted by atomic mass is 10.1. The molecule has 2 aromatic rings. The fourth-order valence-electron chi connectivity index (χ4n) is 1.82. The Balaban J connectivity index is 1.82. The van der Waals surface area contributed by atoms with E-state index in [-0.39, 0.29) is 5.91 Å². The first-order chi connectivity index (χ1) is 8.75. The molecule has 18 heavy (non-hydrogen) atoms. The van der Waals surface area contributed by atoms with E-state index in [0.29, 0.717) is 13.0 Å². The molecular weight excluding hydrogens is 242 g/mol. The number of thiophene rings is 1. The van der Waals surface area contributed by atoms with Crippen LogP contribution in [0.25, 0.3) is 0 Å². The topological polar surface area (TPSA) is 20.3 Å². The molecule has 0 bridgehead atoms. The molecule has 1 amide bonds. The van der Waals surface area contributed by atoms with Crippen molar-refractivity contribution in [3.8, 4) is 0 Å². The maximum atomic E-state index is 12.0. The van der Waals surface area contributed by atoms with Crippen molar-refractivity contribution in [2.75, 3.05) is 7.05 Å². The van der Waals surface area contributed by atoms with E-state index in [1.54, 1.807) is 16.2 Å². The second kappa shape index (κ2) is 6.36. The zero-order chi connectivity index (χ0) is 12.8. The van der Waals surface area contributed by atoms with Crippen molar-refractivity contribution in [3.05, 3.63) is 58.3 Å². The Kier molecular flexibility index (Phi) is 4.53. The van der Waals surface area contributed by atoms with Crippen molar-refractivity contribution in [2.45, 2.75) is 19.4 Å². The van der Waals surface area contributed by atoms with Gasteiger partial charge in [-0.2, -0.15) is 11.3 Å². The summed E-state index contributed by atoms with van der Waals surface area (Å²) < 4.78 is 0. The Labute approximate surface area is 112 Å². The highest BCUT2D eigenvalue weighted by molar-refractivity contribution is 7.07. The summed E-state index contributed by atoms with van der Waals surface area (Å²) >= 11 is 1.68. The Morgan fingerprint density at radius 2 is 1.94 bits per heavy atom. The summed E-state index contributed by atoms with van der Waals surface area (Å²) in [6.45, 7) is 0.684. The Hall–Kier alpha value is -1.61. The predicted molar refractivity (Wildman–Crippen MR) is 75.6 cm³/mol. The average Bonchev–Trinajstić information content (AvgIpc) is 2.90. The first-order valence-electron chi connectivity index (χ1n) is 6.04. The molecule has 0 spiro atoms. The third-order valence-corrected chi connectivity index (χ3v) is 3.63. The van der Waals surface area contributed by atoms with Crippen LogP contribution < -0.4 is 0 Å². The molecule has 0 aliphatic carbocycles. The largest absolute Gasteiger partial charge is 0.341 e. The van der Waals surface area contributed by atoms with Gasteiger partial charge in [-0.25, -0.2) is 0 Å². The van der Waals surface area contributed by atoms with Crippen LogP contribution in [0.2, 0.25) is 0 Å². The summed E-state index contributed by atoms with van der Waals surface area (Å²) in [5.41, 5.74) is 2.42. The number of hydrogen-bond acceptors (Lipinski definition) is 2. The van der Waals surface area contributed by atoms with Crippen LogP contribution in [-0.4, -0.2) is 17.9 Å². The molecule has 0 unspecified atom stereocenters. The summed E-state index contributed by atoms with van der Waals surface area (Å²) in [6, 6.07) is 12.2. The molecule has 2 rings (SSSR count). The molecule has 2 nitrogen and oxygen atoms in total. The van der Waals surface area contributed by atoms with Crippen molar-refractivity contribution >= 4 is 17.2 Å². The highest BCUT2D eigenvalue weighted by Gasteiger charge is 2.09. The fourth-order valence-corrected chi connectivity index (χ4v) is 2.53. The van der Waals surface area contributed by atoms with E-state index in [4.69, 9.17) is 0 Å². The van der Waals surface area contributed by atoms with Gasteiger partial charge in [-0.15, -0.1) is 0 Å². The van der Waals surface area contributed by atoms with E-state index in [0.717, 1.165) is 6.42 Å². The number of nitrogens with zero attached hydrogens (tertiary/aromatic N) is 1. The van der Waals surface area contributed by atoms with E-state index in [1.807, 2.05) is 42.8 Å². The van der Waals surface area contributed by atoms with Crippen molar-refractivity contribution in [1.82, 2.24) is 4.90 Å². The van der Waals surface area contributed by atoms with Gasteiger partial charge in [0.1, 0.15) is 0 Å². The second-order valence-electron chi connectivity index (χ2n) is 4.37. The van der Waals surface area contributed by atoms with Gasteiger partial charge in [-0.05, 0) is 34.4 Å². The second-order valence-corrected chi connectivity index (χ2v) is 5.15. The maximum Gasteiger partial charge on any atom is 0.222 e. The normalized spacial score (nSPS) is 10.3. The van der Waals surface area contributed by atoms with Crippen molar-refractivity contribution in [3.63, 3.8) is 0 Å². The van der Waals surface area contributed by atoms with Gasteiger partial charge in [0.05, 0.1) is 0 Å². The molecule has 0 atom stereocenters. The lowest BCUT2D eigenvalue weighted by Crippen LogP contribution is -2.26. The first-order valence-corrected chi connectivity index (χ1v) is 6.99. The zero-order valence-electron chi connectivity index (χ0n) is 10.5. The van der Waals surface area contributed by atoms with Gasteiger partial charge in [-0.3, -0.25) is 4.79 Å². The van der Waals surface area contributed by atoms with Gasteiger partial charge in [0.25, 0.3) is 0 Å². The summed E-state index contributed by atoms with van der Waals surface area (Å²) in [6.07, 6.45) is 1.42. The van der Waals surface area contributed by atoms with Gasteiger partial charge in [-0.1, -0.05) is 30.3 Å². The fraction of sp³-hybridized carbons (Fsp3) is 0.267. The van der Waals surface area contributed by atoms with E-state index < -0.39 is 0 Å². The number of carbonyl (C=O) groups excluding carboxylic acids is 1. The van der Waals surface area contributed by atoms with Gasteiger partial charge in [0.2, 0.25) is 5.91 Å². The molecule has 1 aromatic carbocycles. The molecule has 0 aliphatic rings. The smallest absolute Gasteiger partial charge is 0.222 e.